The van der Waals surface area contributed by atoms with Gasteiger partial charge in [-0.1, -0.05) is 0 Å². The first-order valence-electron chi connectivity index (χ1n) is 14.4. The van der Waals surface area contributed by atoms with Crippen molar-refractivity contribution >= 4 is 60.4 Å². The molecule has 0 aromatic rings. The molecule has 2 heterocycles. The second-order valence-corrected chi connectivity index (χ2v) is 11.1. The summed E-state index contributed by atoms with van der Waals surface area (Å²) < 4.78 is 0. The summed E-state index contributed by atoms with van der Waals surface area (Å²) in [6.45, 7) is 2.27. The third kappa shape index (κ3) is 10.4. The van der Waals surface area contributed by atoms with Crippen molar-refractivity contribution in [2.75, 3.05) is 25.4 Å². The first-order chi connectivity index (χ1) is 20.8. The number of aliphatic carboxylic acids is 1. The number of nitrogens with two attached hydrogens (primary N) is 3. The fourth-order valence-corrected chi connectivity index (χ4v) is 5.38. The molecule has 0 spiro atoms. The van der Waals surface area contributed by atoms with Gasteiger partial charge in [-0.15, -0.1) is 0 Å². The van der Waals surface area contributed by atoms with Crippen LogP contribution in [0.2, 0.25) is 0 Å². The molecule has 2 saturated heterocycles. The normalized spacial score (nSPS) is 20.5. The Labute approximate surface area is 260 Å². The van der Waals surface area contributed by atoms with Gasteiger partial charge in [-0.2, -0.15) is 12.6 Å². The molecule has 6 atom stereocenters. The number of carboxylic acids is 1. The summed E-state index contributed by atoms with van der Waals surface area (Å²) in [7, 11) is 0. The van der Waals surface area contributed by atoms with Crippen molar-refractivity contribution in [1.29, 1.82) is 0 Å². The van der Waals surface area contributed by atoms with Gasteiger partial charge in [0.2, 0.25) is 29.5 Å². The van der Waals surface area contributed by atoms with Crippen LogP contribution in [0.4, 0.5) is 0 Å². The van der Waals surface area contributed by atoms with E-state index in [9.17, 15) is 38.7 Å². The minimum atomic E-state index is -1.59. The van der Waals surface area contributed by atoms with Crippen molar-refractivity contribution in [3.63, 3.8) is 0 Å². The first-order valence-corrected chi connectivity index (χ1v) is 15.0. The molecule has 0 aliphatic carbocycles. The number of hydrogen-bond acceptors (Lipinski definition) is 10. The topological polar surface area (TPSA) is 273 Å². The van der Waals surface area contributed by atoms with E-state index in [0.717, 1.165) is 0 Å². The SMILES string of the molecule is C[C@H](N)C(=O)N1CCC[C@H]1C(=O)N[C@@H](CC(=O)O)C(=O)N[C@@H](CS)C(=O)N[C@@H](CCCN=C(N)N)C(=O)N1CCC[C@H]1C=O. The average Bonchev–Trinajstić information content (AvgIpc) is 3.65. The number of aldehydes is 1. The molecule has 10 N–H and O–H groups in total. The van der Waals surface area contributed by atoms with Crippen LogP contribution in [0.25, 0.3) is 0 Å². The summed E-state index contributed by atoms with van der Waals surface area (Å²) >= 11 is 4.14. The number of amides is 5. The van der Waals surface area contributed by atoms with Gasteiger partial charge in [-0.25, -0.2) is 0 Å². The molecule has 17 nitrogen and oxygen atoms in total. The molecule has 0 aromatic carbocycles. The fraction of sp³-hybridized carbons (Fsp3) is 0.692. The number of rotatable bonds is 16. The Balaban J connectivity index is 2.15. The molecular formula is C26H43N9O8S. The first kappa shape index (κ1) is 36.3. The zero-order valence-electron chi connectivity index (χ0n) is 24.6. The number of thiol groups is 1. The van der Waals surface area contributed by atoms with Gasteiger partial charge in [0.15, 0.2) is 5.96 Å². The monoisotopic (exact) mass is 641 g/mol. The van der Waals surface area contributed by atoms with Crippen LogP contribution in [0.3, 0.4) is 0 Å². The Morgan fingerprint density at radius 3 is 2.16 bits per heavy atom. The molecule has 2 aliphatic rings. The Morgan fingerprint density at radius 2 is 1.57 bits per heavy atom. The number of carbonyl (C=O) groups is 7. The van der Waals surface area contributed by atoms with Crippen LogP contribution in [-0.2, 0) is 33.6 Å². The second-order valence-electron chi connectivity index (χ2n) is 10.8. The third-order valence-corrected chi connectivity index (χ3v) is 7.72. The van der Waals surface area contributed by atoms with E-state index in [1.807, 2.05) is 0 Å². The van der Waals surface area contributed by atoms with E-state index in [1.165, 1.54) is 16.7 Å². The van der Waals surface area contributed by atoms with E-state index in [2.05, 4.69) is 33.6 Å². The predicted octanol–water partition coefficient (Wildman–Crippen LogP) is -3.57. The molecule has 0 radical (unpaired) electrons. The van der Waals surface area contributed by atoms with Gasteiger partial charge in [0, 0.05) is 25.4 Å². The minimum absolute atomic E-state index is 0.117. The summed E-state index contributed by atoms with van der Waals surface area (Å²) in [5.74, 6) is -5.21. The Morgan fingerprint density at radius 1 is 0.955 bits per heavy atom. The van der Waals surface area contributed by atoms with E-state index in [-0.39, 0.29) is 31.2 Å². The lowest BCUT2D eigenvalue weighted by atomic mass is 10.1. The molecule has 2 rings (SSSR count). The second kappa shape index (κ2) is 17.4. The molecule has 246 valence electrons. The van der Waals surface area contributed by atoms with Crippen LogP contribution in [0, 0.1) is 0 Å². The van der Waals surface area contributed by atoms with Gasteiger partial charge in [0.1, 0.15) is 30.5 Å². The van der Waals surface area contributed by atoms with Gasteiger partial charge in [0.05, 0.1) is 18.5 Å². The summed E-state index contributed by atoms with van der Waals surface area (Å²) in [4.78, 5) is 94.7. The quantitative estimate of drug-likeness (QED) is 0.0268. The van der Waals surface area contributed by atoms with Gasteiger partial charge in [-0.05, 0) is 45.4 Å². The smallest absolute Gasteiger partial charge is 0.305 e. The van der Waals surface area contributed by atoms with E-state index in [1.54, 1.807) is 0 Å². The lowest BCUT2D eigenvalue weighted by Crippen LogP contribution is -2.59. The maximum Gasteiger partial charge on any atom is 0.305 e. The van der Waals surface area contributed by atoms with Crippen molar-refractivity contribution in [3.05, 3.63) is 0 Å². The van der Waals surface area contributed by atoms with Crippen LogP contribution in [0.1, 0.15) is 51.9 Å². The number of nitrogens with one attached hydrogen (secondary N) is 3. The Kier molecular flexibility index (Phi) is 14.3. The van der Waals surface area contributed by atoms with E-state index in [4.69, 9.17) is 17.2 Å². The predicted molar refractivity (Wildman–Crippen MR) is 161 cm³/mol. The van der Waals surface area contributed by atoms with Crippen molar-refractivity contribution in [3.8, 4) is 0 Å². The van der Waals surface area contributed by atoms with Crippen LogP contribution in [0.5, 0.6) is 0 Å². The summed E-state index contributed by atoms with van der Waals surface area (Å²) in [5, 5.41) is 16.8. The zero-order valence-corrected chi connectivity index (χ0v) is 25.5. The number of likely N-dealkylation sites (tertiary alicyclic amines) is 2. The molecule has 2 fully saturated rings. The molecule has 44 heavy (non-hydrogen) atoms. The van der Waals surface area contributed by atoms with E-state index >= 15 is 0 Å². The van der Waals surface area contributed by atoms with Crippen molar-refractivity contribution < 1.29 is 38.7 Å². The number of carbonyl (C=O) groups excluding carboxylic acids is 6. The van der Waals surface area contributed by atoms with Gasteiger partial charge in [-0.3, -0.25) is 33.8 Å². The number of guanidine groups is 1. The molecule has 0 bridgehead atoms. The maximum absolute atomic E-state index is 13.3. The van der Waals surface area contributed by atoms with Crippen LogP contribution >= 0.6 is 12.6 Å². The van der Waals surface area contributed by atoms with Crippen molar-refractivity contribution in [1.82, 2.24) is 25.8 Å². The Hall–Kier alpha value is -3.93. The van der Waals surface area contributed by atoms with Gasteiger partial charge < -0.3 is 52.9 Å². The van der Waals surface area contributed by atoms with Crippen molar-refractivity contribution in [2.24, 2.45) is 22.2 Å². The highest BCUT2D eigenvalue weighted by atomic mass is 32.1. The molecule has 0 saturated carbocycles. The molecule has 0 unspecified atom stereocenters. The Bertz CT molecular complexity index is 1120. The largest absolute Gasteiger partial charge is 0.481 e. The van der Waals surface area contributed by atoms with Gasteiger partial charge in [0.25, 0.3) is 0 Å². The lowest BCUT2D eigenvalue weighted by Gasteiger charge is -2.29. The minimum Gasteiger partial charge on any atom is -0.481 e. The van der Waals surface area contributed by atoms with Crippen LogP contribution < -0.4 is 33.2 Å². The number of carboxylic acid groups (broad SMARTS) is 1. The zero-order chi connectivity index (χ0) is 33.0. The summed E-state index contributed by atoms with van der Waals surface area (Å²) in [6.07, 6.45) is 2.23. The lowest BCUT2D eigenvalue weighted by molar-refractivity contribution is -0.143. The van der Waals surface area contributed by atoms with E-state index in [0.29, 0.717) is 44.9 Å². The highest BCUT2D eigenvalue weighted by Gasteiger charge is 2.38. The van der Waals surface area contributed by atoms with E-state index < -0.39 is 78.2 Å². The van der Waals surface area contributed by atoms with Gasteiger partial charge >= 0.3 is 5.97 Å². The summed E-state index contributed by atoms with van der Waals surface area (Å²) in [5.41, 5.74) is 16.4. The van der Waals surface area contributed by atoms with Crippen LogP contribution in [-0.4, -0.2) is 124 Å². The highest BCUT2D eigenvalue weighted by Crippen LogP contribution is 2.19. The van der Waals surface area contributed by atoms with Crippen LogP contribution in [0.15, 0.2) is 4.99 Å². The fourth-order valence-electron chi connectivity index (χ4n) is 5.12. The molecule has 0 aromatic heterocycles. The third-order valence-electron chi connectivity index (χ3n) is 7.35. The maximum atomic E-state index is 13.3. The van der Waals surface area contributed by atoms with Crippen molar-refractivity contribution in [2.45, 2.75) is 88.1 Å². The number of hydrogen-bond donors (Lipinski definition) is 8. The average molecular weight is 642 g/mol. The highest BCUT2D eigenvalue weighted by molar-refractivity contribution is 7.80. The summed E-state index contributed by atoms with van der Waals surface area (Å²) in [6, 6.07) is -6.41. The molecular weight excluding hydrogens is 598 g/mol. The number of nitrogens with zero attached hydrogens (tertiary/aromatic N) is 3. The molecule has 18 heteroatoms. The standard InChI is InChI=1S/C26H43N9O8S/c1-14(27)24(42)35-10-4-7-19(35)23(41)32-17(11-20(37)38)21(39)33-18(13-44)22(40)31-16(6-2-8-30-26(28)29)25(43)34-9-3-5-15(34)12-36/h12,14-19,44H,2-11,13,27H2,1H3,(H,31,40)(H,32,41)(H,33,39)(H,37,38)(H4,28,29,30)/t14-,15-,16-,17-,18-,19-/m0/s1. The molecule has 5 amide bonds. The number of aliphatic imine (C=N–C) groups is 1. The molecule has 2 aliphatic heterocycles.